The van der Waals surface area contributed by atoms with Crippen LogP contribution in [0.15, 0.2) is 72.9 Å². The Labute approximate surface area is 272 Å². The number of thiocarbonyl (C=S) groups is 1. The molecule has 2 aromatic carbocycles. The molecule has 0 bridgehead atoms. The van der Waals surface area contributed by atoms with Crippen molar-refractivity contribution < 1.29 is 9.53 Å². The molecular formula is C36H44N6O2S. The molecule has 5 rings (SSSR count). The number of carbonyl (C=O) groups is 1. The van der Waals surface area contributed by atoms with Gasteiger partial charge in [-0.05, 0) is 100 Å². The number of rotatable bonds is 9. The molecule has 0 radical (unpaired) electrons. The first-order chi connectivity index (χ1) is 21.5. The fourth-order valence-electron chi connectivity index (χ4n) is 6.08. The van der Waals surface area contributed by atoms with Crippen LogP contribution in [0.25, 0.3) is 5.69 Å². The van der Waals surface area contributed by atoms with Crippen molar-refractivity contribution in [3.63, 3.8) is 0 Å². The van der Waals surface area contributed by atoms with Gasteiger partial charge < -0.3 is 29.7 Å². The maximum absolute atomic E-state index is 12.8. The third kappa shape index (κ3) is 6.27. The molecule has 1 saturated heterocycles. The van der Waals surface area contributed by atoms with E-state index in [1.807, 2.05) is 63.4 Å². The summed E-state index contributed by atoms with van der Waals surface area (Å²) >= 11 is 6.01. The second-order valence-electron chi connectivity index (χ2n) is 12.4. The molecule has 1 aliphatic rings. The summed E-state index contributed by atoms with van der Waals surface area (Å²) in [4.78, 5) is 22.0. The van der Waals surface area contributed by atoms with E-state index in [0.29, 0.717) is 16.5 Å². The highest BCUT2D eigenvalue weighted by molar-refractivity contribution is 7.80. The predicted octanol–water partition coefficient (Wildman–Crippen LogP) is 7.51. The number of carbonyl (C=O) groups excluding carboxylic acids is 1. The highest BCUT2D eigenvalue weighted by atomic mass is 32.1. The number of nitrogens with zero attached hydrogens (tertiary/aromatic N) is 4. The van der Waals surface area contributed by atoms with Gasteiger partial charge in [-0.25, -0.2) is 0 Å². The number of ether oxygens (including phenoxy) is 1. The minimum absolute atomic E-state index is 0.0856. The van der Waals surface area contributed by atoms with Gasteiger partial charge in [0.1, 0.15) is 5.75 Å². The molecule has 0 unspecified atom stereocenters. The van der Waals surface area contributed by atoms with Gasteiger partial charge in [-0.2, -0.15) is 0 Å². The Bertz CT molecular complexity index is 1670. The van der Waals surface area contributed by atoms with Crippen molar-refractivity contribution in [2.75, 3.05) is 35.3 Å². The zero-order chi connectivity index (χ0) is 32.5. The Hall–Kier alpha value is -4.37. The monoisotopic (exact) mass is 624 g/mol. The fraction of sp³-hybridized carbons (Fsp3) is 0.361. The first-order valence-electron chi connectivity index (χ1n) is 15.5. The van der Waals surface area contributed by atoms with Crippen LogP contribution in [0.4, 0.5) is 17.1 Å². The number of pyridine rings is 1. The van der Waals surface area contributed by atoms with Crippen LogP contribution in [0.3, 0.4) is 0 Å². The highest BCUT2D eigenvalue weighted by Gasteiger charge is 2.42. The summed E-state index contributed by atoms with van der Waals surface area (Å²) in [5.74, 6) is 0.476. The van der Waals surface area contributed by atoms with E-state index in [9.17, 15) is 4.79 Å². The number of nitrogens with one attached hydrogen (secondary N) is 2. The smallest absolute Gasteiger partial charge is 0.229 e. The summed E-state index contributed by atoms with van der Waals surface area (Å²) in [6.45, 7) is 16.3. The second-order valence-corrected chi connectivity index (χ2v) is 12.8. The molecule has 2 N–H and O–H groups in total. The Morgan fingerprint density at radius 3 is 2.31 bits per heavy atom. The molecule has 3 heterocycles. The minimum atomic E-state index is -0.542. The number of methoxy groups -OCH3 is 1. The van der Waals surface area contributed by atoms with Gasteiger partial charge in [-0.1, -0.05) is 26.8 Å². The molecule has 1 amide bonds. The molecule has 1 fully saturated rings. The fourth-order valence-corrected chi connectivity index (χ4v) is 6.42. The van der Waals surface area contributed by atoms with Gasteiger partial charge in [0, 0.05) is 59.2 Å². The summed E-state index contributed by atoms with van der Waals surface area (Å²) in [7, 11) is 1.61. The maximum atomic E-state index is 12.8. The molecule has 0 spiro atoms. The van der Waals surface area contributed by atoms with Crippen molar-refractivity contribution in [3.8, 4) is 11.4 Å². The third-order valence-corrected chi connectivity index (χ3v) is 8.83. The Kier molecular flexibility index (Phi) is 9.20. The maximum Gasteiger partial charge on any atom is 0.229 e. The molecule has 9 heteroatoms. The predicted molar refractivity (Wildman–Crippen MR) is 188 cm³/mol. The van der Waals surface area contributed by atoms with Gasteiger partial charge >= 0.3 is 0 Å². The number of benzene rings is 2. The average Bonchev–Trinajstić information content (AvgIpc) is 3.52. The van der Waals surface area contributed by atoms with Gasteiger partial charge in [0.05, 0.1) is 30.6 Å². The van der Waals surface area contributed by atoms with Crippen LogP contribution in [0.2, 0.25) is 0 Å². The molecular weight excluding hydrogens is 581 g/mol. The van der Waals surface area contributed by atoms with E-state index in [4.69, 9.17) is 21.9 Å². The lowest BCUT2D eigenvalue weighted by Gasteiger charge is -2.29. The van der Waals surface area contributed by atoms with Gasteiger partial charge in [-0.3, -0.25) is 9.78 Å². The van der Waals surface area contributed by atoms with Gasteiger partial charge in [0.25, 0.3) is 0 Å². The van der Waals surface area contributed by atoms with E-state index in [1.165, 1.54) is 5.69 Å². The molecule has 45 heavy (non-hydrogen) atoms. The number of hydrogen-bond acceptors (Lipinski definition) is 5. The van der Waals surface area contributed by atoms with Crippen LogP contribution in [0, 0.1) is 19.3 Å². The summed E-state index contributed by atoms with van der Waals surface area (Å²) in [5.41, 5.74) is 7.57. The number of hydrogen-bond donors (Lipinski definition) is 2. The van der Waals surface area contributed by atoms with Crippen LogP contribution in [0.5, 0.6) is 5.75 Å². The van der Waals surface area contributed by atoms with Gasteiger partial charge in [-0.15, -0.1) is 0 Å². The van der Waals surface area contributed by atoms with E-state index in [0.717, 1.165) is 47.1 Å². The lowest BCUT2D eigenvalue weighted by atomic mass is 9.95. The Morgan fingerprint density at radius 2 is 1.71 bits per heavy atom. The van der Waals surface area contributed by atoms with E-state index in [1.54, 1.807) is 7.11 Å². The van der Waals surface area contributed by atoms with Crippen LogP contribution < -0.4 is 25.2 Å². The van der Waals surface area contributed by atoms with Crippen LogP contribution in [-0.4, -0.2) is 40.8 Å². The quantitative estimate of drug-likeness (QED) is 0.187. The SMILES string of the molecule is CCN(CC)c1ccc(-n2c(C)cc([C@H]3[C@H](c4ccccn4)NC(=S)N3c3ccc(NC(=O)C(C)(C)C)c(OC)c3)c2C)cc1. The number of aromatic nitrogens is 2. The lowest BCUT2D eigenvalue weighted by Crippen LogP contribution is -2.30. The van der Waals surface area contributed by atoms with Crippen LogP contribution in [-0.2, 0) is 4.79 Å². The molecule has 0 saturated carbocycles. The lowest BCUT2D eigenvalue weighted by molar-refractivity contribution is -0.123. The summed E-state index contributed by atoms with van der Waals surface area (Å²) in [6, 6.07) is 22.4. The molecule has 4 aromatic rings. The van der Waals surface area contributed by atoms with Crippen molar-refractivity contribution in [2.24, 2.45) is 5.41 Å². The first-order valence-corrected chi connectivity index (χ1v) is 15.9. The normalized spacial score (nSPS) is 16.4. The molecule has 2 atom stereocenters. The molecule has 8 nitrogen and oxygen atoms in total. The molecule has 2 aromatic heterocycles. The van der Waals surface area contributed by atoms with Crippen molar-refractivity contribution in [2.45, 2.75) is 60.5 Å². The molecule has 236 valence electrons. The molecule has 0 aliphatic carbocycles. The average molecular weight is 625 g/mol. The second kappa shape index (κ2) is 12.9. The Morgan fingerprint density at radius 1 is 1.02 bits per heavy atom. The Balaban J connectivity index is 1.59. The largest absolute Gasteiger partial charge is 0.494 e. The third-order valence-electron chi connectivity index (χ3n) is 8.52. The van der Waals surface area contributed by atoms with Crippen LogP contribution >= 0.6 is 12.2 Å². The van der Waals surface area contributed by atoms with Crippen molar-refractivity contribution in [1.29, 1.82) is 0 Å². The highest BCUT2D eigenvalue weighted by Crippen LogP contribution is 2.45. The zero-order valence-electron chi connectivity index (χ0n) is 27.5. The van der Waals surface area contributed by atoms with Gasteiger partial charge in [0.2, 0.25) is 5.91 Å². The summed E-state index contributed by atoms with van der Waals surface area (Å²) in [6.07, 6.45) is 1.82. The minimum Gasteiger partial charge on any atom is -0.494 e. The topological polar surface area (TPSA) is 74.7 Å². The zero-order valence-corrected chi connectivity index (χ0v) is 28.3. The van der Waals surface area contributed by atoms with E-state index in [2.05, 4.69) is 83.0 Å². The van der Waals surface area contributed by atoms with Crippen molar-refractivity contribution >= 4 is 40.3 Å². The number of amides is 1. The number of aryl methyl sites for hydroxylation is 1. The number of anilines is 3. The summed E-state index contributed by atoms with van der Waals surface area (Å²) in [5, 5.41) is 7.18. The summed E-state index contributed by atoms with van der Waals surface area (Å²) < 4.78 is 8.08. The molecule has 1 aliphatic heterocycles. The van der Waals surface area contributed by atoms with E-state index >= 15 is 0 Å². The van der Waals surface area contributed by atoms with Crippen LogP contribution in [0.1, 0.15) is 69.3 Å². The standard InChI is InChI=1S/C36H44N6O2S/c1-9-40(10-2)25-14-16-26(17-15-25)41-23(3)21-28(24(41)4)33-32(30-13-11-12-20-37-30)39-35(45)42(33)27-18-19-29(31(22-27)44-8)38-34(43)36(5,6)7/h11-22,32-33H,9-10H2,1-8H3,(H,38,43)(H,39,45)/t32-,33-/m0/s1. The van der Waals surface area contributed by atoms with E-state index in [-0.39, 0.29) is 18.0 Å². The van der Waals surface area contributed by atoms with E-state index < -0.39 is 5.41 Å². The van der Waals surface area contributed by atoms with Gasteiger partial charge in [0.15, 0.2) is 5.11 Å². The first kappa shape index (κ1) is 32.0. The van der Waals surface area contributed by atoms with Crippen molar-refractivity contribution in [3.05, 3.63) is 95.6 Å². The van der Waals surface area contributed by atoms with Crippen molar-refractivity contribution in [1.82, 2.24) is 14.9 Å².